The molecule has 0 aromatic carbocycles. The van der Waals surface area contributed by atoms with Crippen molar-refractivity contribution >= 4 is 21.7 Å². The van der Waals surface area contributed by atoms with Gasteiger partial charge in [0.15, 0.2) is 0 Å². The van der Waals surface area contributed by atoms with Gasteiger partial charge in [-0.15, -0.1) is 0 Å². The lowest BCUT2D eigenvalue weighted by Gasteiger charge is -2.09. The molecule has 0 amide bonds. The summed E-state index contributed by atoms with van der Waals surface area (Å²) in [6.07, 6.45) is -8.35. The Balaban J connectivity index is 3.55. The predicted molar refractivity (Wildman–Crippen MR) is 48.6 cm³/mol. The van der Waals surface area contributed by atoms with Gasteiger partial charge in [0.05, 0.1) is 10.0 Å². The zero-order valence-corrected chi connectivity index (χ0v) is 9.22. The van der Waals surface area contributed by atoms with Crippen LogP contribution >= 0.6 is 15.9 Å². The van der Waals surface area contributed by atoms with Crippen LogP contribution in [0.5, 0.6) is 0 Å². The quantitative estimate of drug-likeness (QED) is 0.474. The number of hydrogen-bond acceptors (Lipinski definition) is 3. The molecule has 0 aliphatic carbocycles. The van der Waals surface area contributed by atoms with Gasteiger partial charge in [-0.05, 0) is 25.8 Å². The summed E-state index contributed by atoms with van der Waals surface area (Å²) in [5, 5.41) is 10.3. The molecule has 0 aliphatic rings. The van der Waals surface area contributed by atoms with Gasteiger partial charge in [0.2, 0.25) is 5.69 Å². The van der Waals surface area contributed by atoms with E-state index in [1.807, 2.05) is 0 Å². The molecule has 0 spiro atoms. The van der Waals surface area contributed by atoms with E-state index >= 15 is 0 Å². The number of hydrogen-bond donors (Lipinski definition) is 0. The Morgan fingerprint density at radius 3 is 2.29 bits per heavy atom. The molecule has 94 valence electrons. The van der Waals surface area contributed by atoms with E-state index in [0.29, 0.717) is 0 Å². The topological polar surface area (TPSA) is 56.0 Å². The first kappa shape index (κ1) is 13.7. The lowest BCUT2D eigenvalue weighted by Crippen LogP contribution is -2.10. The molecule has 1 aromatic rings. The number of halogens is 6. The van der Waals surface area contributed by atoms with Crippen LogP contribution in [0.15, 0.2) is 10.5 Å². The van der Waals surface area contributed by atoms with Gasteiger partial charge in [0, 0.05) is 6.07 Å². The smallest absolute Gasteiger partial charge is 0.358 e. The van der Waals surface area contributed by atoms with Gasteiger partial charge in [-0.3, -0.25) is 0 Å². The monoisotopic (exact) mass is 320 g/mol. The van der Waals surface area contributed by atoms with Crippen LogP contribution < -0.4 is 0 Å². The molecule has 0 bridgehead atoms. The van der Waals surface area contributed by atoms with Crippen LogP contribution in [0.3, 0.4) is 0 Å². The normalized spacial score (nSPS) is 11.9. The molecule has 0 atom stereocenters. The highest BCUT2D eigenvalue weighted by Gasteiger charge is 2.39. The van der Waals surface area contributed by atoms with E-state index in [9.17, 15) is 32.1 Å². The molecule has 0 unspecified atom stereocenters. The number of alkyl halides is 5. The van der Waals surface area contributed by atoms with Crippen molar-refractivity contribution in [1.82, 2.24) is 4.98 Å². The summed E-state index contributed by atoms with van der Waals surface area (Å²) in [6, 6.07) is 0.0932. The Hall–Kier alpha value is -1.32. The summed E-state index contributed by atoms with van der Waals surface area (Å²) in [5.74, 6) is -1.28. The standard InChI is InChI=1S/C7H2BrF5N2O2/c8-4-2(7(11,12)13)1-3(15(16)17)14-5(4)6(9)10/h1,6H. The van der Waals surface area contributed by atoms with Crippen molar-refractivity contribution in [2.24, 2.45) is 0 Å². The van der Waals surface area contributed by atoms with Gasteiger partial charge < -0.3 is 10.1 Å². The Kier molecular flexibility index (Phi) is 3.65. The van der Waals surface area contributed by atoms with Crippen molar-refractivity contribution < 1.29 is 26.9 Å². The maximum Gasteiger partial charge on any atom is 0.417 e. The van der Waals surface area contributed by atoms with E-state index < -0.39 is 39.1 Å². The van der Waals surface area contributed by atoms with E-state index in [0.717, 1.165) is 0 Å². The molecule has 0 radical (unpaired) electrons. The second kappa shape index (κ2) is 4.51. The molecule has 1 aromatic heterocycles. The highest BCUT2D eigenvalue weighted by atomic mass is 79.9. The van der Waals surface area contributed by atoms with E-state index in [-0.39, 0.29) is 6.07 Å². The van der Waals surface area contributed by atoms with Crippen LogP contribution in [0.1, 0.15) is 17.7 Å². The molecule has 10 heteroatoms. The second-order valence-electron chi connectivity index (χ2n) is 2.78. The summed E-state index contributed by atoms with van der Waals surface area (Å²) in [4.78, 5) is 11.9. The minimum Gasteiger partial charge on any atom is -0.358 e. The van der Waals surface area contributed by atoms with Gasteiger partial charge >= 0.3 is 18.4 Å². The predicted octanol–water partition coefficient (Wildman–Crippen LogP) is 3.71. The van der Waals surface area contributed by atoms with E-state index in [4.69, 9.17) is 0 Å². The number of aromatic nitrogens is 1. The molecule has 1 rings (SSSR count). The van der Waals surface area contributed by atoms with Crippen molar-refractivity contribution in [3.8, 4) is 0 Å². The third kappa shape index (κ3) is 2.87. The highest BCUT2D eigenvalue weighted by Crippen LogP contribution is 2.40. The van der Waals surface area contributed by atoms with Crippen molar-refractivity contribution in [2.45, 2.75) is 12.6 Å². The lowest BCUT2D eigenvalue weighted by molar-refractivity contribution is -0.390. The van der Waals surface area contributed by atoms with Gasteiger partial charge in [0.1, 0.15) is 0 Å². The molecule has 0 saturated heterocycles. The average Bonchev–Trinajstić information content (AvgIpc) is 2.15. The Morgan fingerprint density at radius 1 is 1.41 bits per heavy atom. The number of nitro groups is 1. The summed E-state index contributed by atoms with van der Waals surface area (Å²) >= 11 is 2.32. The van der Waals surface area contributed by atoms with Gasteiger partial charge in [-0.25, -0.2) is 8.78 Å². The molecule has 0 aliphatic heterocycles. The number of pyridine rings is 1. The third-order valence-electron chi connectivity index (χ3n) is 1.67. The highest BCUT2D eigenvalue weighted by molar-refractivity contribution is 9.10. The zero-order valence-electron chi connectivity index (χ0n) is 7.63. The minimum absolute atomic E-state index is 0.0932. The van der Waals surface area contributed by atoms with Gasteiger partial charge in [-0.2, -0.15) is 13.2 Å². The van der Waals surface area contributed by atoms with E-state index in [2.05, 4.69) is 20.9 Å². The summed E-state index contributed by atoms with van der Waals surface area (Å²) < 4.78 is 61.0. The average molecular weight is 321 g/mol. The van der Waals surface area contributed by atoms with Crippen molar-refractivity contribution in [3.05, 3.63) is 31.9 Å². The maximum atomic E-state index is 12.4. The summed E-state index contributed by atoms with van der Waals surface area (Å²) in [7, 11) is 0. The largest absolute Gasteiger partial charge is 0.417 e. The van der Waals surface area contributed by atoms with E-state index in [1.54, 1.807) is 0 Å². The van der Waals surface area contributed by atoms with Crippen molar-refractivity contribution in [3.63, 3.8) is 0 Å². The first-order valence-electron chi connectivity index (χ1n) is 3.84. The SMILES string of the molecule is O=[N+]([O-])c1cc(C(F)(F)F)c(Br)c(C(F)F)n1. The zero-order chi connectivity index (χ0) is 13.4. The second-order valence-corrected chi connectivity index (χ2v) is 3.58. The number of rotatable bonds is 2. The van der Waals surface area contributed by atoms with Crippen molar-refractivity contribution in [2.75, 3.05) is 0 Å². The fourth-order valence-corrected chi connectivity index (χ4v) is 1.58. The van der Waals surface area contributed by atoms with Gasteiger partial charge in [0.25, 0.3) is 0 Å². The molecular formula is C7H2BrF5N2O2. The van der Waals surface area contributed by atoms with Crippen LogP contribution in [0.25, 0.3) is 0 Å². The summed E-state index contributed by atoms with van der Waals surface area (Å²) in [5.41, 5.74) is -2.87. The van der Waals surface area contributed by atoms with Gasteiger partial charge in [-0.1, -0.05) is 0 Å². The summed E-state index contributed by atoms with van der Waals surface area (Å²) in [6.45, 7) is 0. The molecular weight excluding hydrogens is 319 g/mol. The fourth-order valence-electron chi connectivity index (χ4n) is 0.980. The Morgan fingerprint density at radius 2 is 1.94 bits per heavy atom. The Bertz CT molecular complexity index is 462. The van der Waals surface area contributed by atoms with Crippen molar-refractivity contribution in [1.29, 1.82) is 0 Å². The first-order valence-corrected chi connectivity index (χ1v) is 4.64. The number of nitrogens with zero attached hydrogens (tertiary/aromatic N) is 2. The van der Waals surface area contributed by atoms with E-state index in [1.165, 1.54) is 0 Å². The fraction of sp³-hybridized carbons (Fsp3) is 0.286. The Labute approximate surface area is 98.7 Å². The van der Waals surface area contributed by atoms with Crippen LogP contribution in [0.2, 0.25) is 0 Å². The molecule has 1 heterocycles. The van der Waals surface area contributed by atoms with Crippen LogP contribution in [0.4, 0.5) is 27.8 Å². The lowest BCUT2D eigenvalue weighted by atomic mass is 10.2. The molecule has 0 fully saturated rings. The molecule has 4 nitrogen and oxygen atoms in total. The maximum absolute atomic E-state index is 12.4. The van der Waals surface area contributed by atoms with Crippen LogP contribution in [0, 0.1) is 10.1 Å². The van der Waals surface area contributed by atoms with Crippen LogP contribution in [-0.4, -0.2) is 9.91 Å². The molecule has 17 heavy (non-hydrogen) atoms. The minimum atomic E-state index is -4.99. The van der Waals surface area contributed by atoms with Crippen LogP contribution in [-0.2, 0) is 6.18 Å². The first-order chi connectivity index (χ1) is 7.64. The third-order valence-corrected chi connectivity index (χ3v) is 2.50. The molecule has 0 N–H and O–H groups in total. The molecule has 0 saturated carbocycles.